The van der Waals surface area contributed by atoms with Gasteiger partial charge in [-0.05, 0) is 37.5 Å². The Morgan fingerprint density at radius 2 is 1.63 bits per heavy atom. The number of hydrogen-bond acceptors (Lipinski definition) is 6. The monoisotopic (exact) mass is 443 g/mol. The molecule has 11 heteroatoms. The largest absolute Gasteiger partial charge is 0.473 e. The molecule has 0 atom stereocenters. The maximum absolute atomic E-state index is 12.8. The van der Waals surface area contributed by atoms with Crippen LogP contribution in [0, 0.1) is 6.92 Å². The molecule has 2 rings (SSSR count). The molecule has 0 saturated carbocycles. The number of sulfonamides is 1. The topological polar surface area (TPSA) is 153 Å². The Labute approximate surface area is 176 Å². The van der Waals surface area contributed by atoms with Crippen molar-refractivity contribution in [3.05, 3.63) is 23.8 Å². The van der Waals surface area contributed by atoms with Crippen LogP contribution in [-0.4, -0.2) is 66.5 Å². The van der Waals surface area contributed by atoms with Crippen molar-refractivity contribution in [2.45, 2.75) is 51.0 Å². The second-order valence-electron chi connectivity index (χ2n) is 7.14. The summed E-state index contributed by atoms with van der Waals surface area (Å²) in [6.45, 7) is 7.10. The van der Waals surface area contributed by atoms with Crippen LogP contribution in [0.1, 0.15) is 38.7 Å². The first kappa shape index (κ1) is 25.5. The Kier molecular flexibility index (Phi) is 9.90. The predicted molar refractivity (Wildman–Crippen MR) is 111 cm³/mol. The number of benzene rings is 1. The first-order valence-electron chi connectivity index (χ1n) is 9.55. The number of rotatable bonds is 6. The van der Waals surface area contributed by atoms with Crippen molar-refractivity contribution < 1.29 is 33.0 Å². The number of aliphatic carboxylic acids is 2. The molecular weight excluding hydrogens is 414 g/mol. The molecule has 4 N–H and O–H groups in total. The fourth-order valence-corrected chi connectivity index (χ4v) is 4.19. The van der Waals surface area contributed by atoms with E-state index in [0.29, 0.717) is 18.8 Å². The number of carboxylic acids is 2. The van der Waals surface area contributed by atoms with Gasteiger partial charge in [-0.3, -0.25) is 4.79 Å². The van der Waals surface area contributed by atoms with Gasteiger partial charge in [0.25, 0.3) is 0 Å². The highest BCUT2D eigenvalue weighted by atomic mass is 32.2. The van der Waals surface area contributed by atoms with E-state index in [0.717, 1.165) is 24.8 Å². The Morgan fingerprint density at radius 3 is 2.13 bits per heavy atom. The summed E-state index contributed by atoms with van der Waals surface area (Å²) < 4.78 is 27.0. The van der Waals surface area contributed by atoms with E-state index in [4.69, 9.17) is 19.8 Å². The zero-order chi connectivity index (χ0) is 22.9. The van der Waals surface area contributed by atoms with Crippen LogP contribution in [0.3, 0.4) is 0 Å². The van der Waals surface area contributed by atoms with Crippen molar-refractivity contribution in [1.29, 1.82) is 0 Å². The van der Waals surface area contributed by atoms with Gasteiger partial charge in [0.05, 0.1) is 11.4 Å². The van der Waals surface area contributed by atoms with Gasteiger partial charge in [-0.2, -0.15) is 4.31 Å². The minimum absolute atomic E-state index is 0.181. The molecule has 168 valence electrons. The molecule has 0 bridgehead atoms. The Hall–Kier alpha value is -2.50. The van der Waals surface area contributed by atoms with E-state index in [9.17, 15) is 13.2 Å². The minimum atomic E-state index is -3.50. The fourth-order valence-electron chi connectivity index (χ4n) is 2.64. The van der Waals surface area contributed by atoms with Crippen LogP contribution in [0.15, 0.2) is 23.1 Å². The smallest absolute Gasteiger partial charge is 0.414 e. The standard InChI is InChI=1S/C17H27N3O3S.C2H2O4/c1-13(2)18-12-17(21)19-16-11-15(8-7-14(16)3)24(22,23)20-9-5-4-6-10-20;3-1(4)2(5)6/h7-8,11,13,18H,4-6,9-10,12H2,1-3H3,(H,19,21);(H,3,4)(H,5,6). The lowest BCUT2D eigenvalue weighted by atomic mass is 10.2. The van der Waals surface area contributed by atoms with Crippen LogP contribution < -0.4 is 10.6 Å². The summed E-state index contributed by atoms with van der Waals surface area (Å²) in [5.74, 6) is -3.83. The van der Waals surface area contributed by atoms with Gasteiger partial charge in [0.15, 0.2) is 0 Å². The third-order valence-corrected chi connectivity index (χ3v) is 6.18. The van der Waals surface area contributed by atoms with Crippen molar-refractivity contribution >= 4 is 33.6 Å². The quantitative estimate of drug-likeness (QED) is 0.479. The zero-order valence-corrected chi connectivity index (χ0v) is 18.2. The van der Waals surface area contributed by atoms with E-state index in [1.54, 1.807) is 18.2 Å². The maximum Gasteiger partial charge on any atom is 0.414 e. The van der Waals surface area contributed by atoms with Crippen LogP contribution >= 0.6 is 0 Å². The van der Waals surface area contributed by atoms with Gasteiger partial charge in [0.1, 0.15) is 0 Å². The molecule has 1 heterocycles. The molecule has 0 aromatic heterocycles. The molecule has 1 amide bonds. The number of nitrogens with one attached hydrogen (secondary N) is 2. The molecule has 0 spiro atoms. The Bertz CT molecular complexity index is 851. The van der Waals surface area contributed by atoms with E-state index >= 15 is 0 Å². The number of aryl methyl sites for hydroxylation is 1. The zero-order valence-electron chi connectivity index (χ0n) is 17.3. The van der Waals surface area contributed by atoms with Crippen molar-refractivity contribution in [1.82, 2.24) is 9.62 Å². The van der Waals surface area contributed by atoms with Crippen LogP contribution in [0.25, 0.3) is 0 Å². The summed E-state index contributed by atoms with van der Waals surface area (Å²) in [4.78, 5) is 30.4. The molecular formula is C19H29N3O7S. The summed E-state index contributed by atoms with van der Waals surface area (Å²) in [5.41, 5.74) is 1.38. The van der Waals surface area contributed by atoms with Crippen LogP contribution in [0.5, 0.6) is 0 Å². The SMILES string of the molecule is Cc1ccc(S(=O)(=O)N2CCCCC2)cc1NC(=O)CNC(C)C.O=C(O)C(=O)O. The lowest BCUT2D eigenvalue weighted by Gasteiger charge is -2.26. The van der Waals surface area contributed by atoms with Crippen LogP contribution in [-0.2, 0) is 24.4 Å². The van der Waals surface area contributed by atoms with Gasteiger partial charge in [-0.1, -0.05) is 26.3 Å². The van der Waals surface area contributed by atoms with Crippen molar-refractivity contribution in [2.24, 2.45) is 0 Å². The lowest BCUT2D eigenvalue weighted by molar-refractivity contribution is -0.159. The number of carbonyl (C=O) groups is 3. The Balaban J connectivity index is 0.000000656. The summed E-state index contributed by atoms with van der Waals surface area (Å²) in [6.07, 6.45) is 2.87. The van der Waals surface area contributed by atoms with Gasteiger partial charge in [-0.15, -0.1) is 0 Å². The number of anilines is 1. The van der Waals surface area contributed by atoms with E-state index < -0.39 is 22.0 Å². The van der Waals surface area contributed by atoms with Gasteiger partial charge >= 0.3 is 11.9 Å². The number of hydrogen-bond donors (Lipinski definition) is 4. The predicted octanol–water partition coefficient (Wildman–Crippen LogP) is 1.26. The average molecular weight is 444 g/mol. The lowest BCUT2D eigenvalue weighted by Crippen LogP contribution is -2.35. The third-order valence-electron chi connectivity index (χ3n) is 4.29. The number of nitrogens with zero attached hydrogens (tertiary/aromatic N) is 1. The average Bonchev–Trinajstić information content (AvgIpc) is 2.69. The molecule has 0 unspecified atom stereocenters. The highest BCUT2D eigenvalue weighted by Gasteiger charge is 2.26. The number of carbonyl (C=O) groups excluding carboxylic acids is 1. The second kappa shape index (κ2) is 11.6. The first-order valence-corrected chi connectivity index (χ1v) is 11.0. The molecule has 1 aromatic rings. The molecule has 0 aliphatic carbocycles. The van der Waals surface area contributed by atoms with Gasteiger partial charge in [0, 0.05) is 24.8 Å². The van der Waals surface area contributed by atoms with E-state index in [1.807, 2.05) is 20.8 Å². The van der Waals surface area contributed by atoms with Crippen LogP contribution in [0.2, 0.25) is 0 Å². The molecule has 1 fully saturated rings. The van der Waals surface area contributed by atoms with E-state index in [-0.39, 0.29) is 23.4 Å². The number of amides is 1. The summed E-state index contributed by atoms with van der Waals surface area (Å²) in [6, 6.07) is 5.12. The third kappa shape index (κ3) is 8.09. The van der Waals surface area contributed by atoms with Gasteiger partial charge in [0.2, 0.25) is 15.9 Å². The van der Waals surface area contributed by atoms with Crippen molar-refractivity contribution in [3.8, 4) is 0 Å². The molecule has 30 heavy (non-hydrogen) atoms. The molecule has 1 aliphatic rings. The molecule has 10 nitrogen and oxygen atoms in total. The molecule has 0 radical (unpaired) electrons. The summed E-state index contributed by atoms with van der Waals surface area (Å²) in [5, 5.41) is 20.6. The van der Waals surface area contributed by atoms with Gasteiger partial charge in [-0.25, -0.2) is 18.0 Å². The Morgan fingerprint density at radius 1 is 1.07 bits per heavy atom. The maximum atomic E-state index is 12.8. The second-order valence-corrected chi connectivity index (χ2v) is 9.07. The highest BCUT2D eigenvalue weighted by Crippen LogP contribution is 2.25. The van der Waals surface area contributed by atoms with Crippen molar-refractivity contribution in [2.75, 3.05) is 25.0 Å². The minimum Gasteiger partial charge on any atom is -0.473 e. The van der Waals surface area contributed by atoms with Crippen LogP contribution in [0.4, 0.5) is 5.69 Å². The van der Waals surface area contributed by atoms with Crippen molar-refractivity contribution in [3.63, 3.8) is 0 Å². The molecule has 1 aliphatic heterocycles. The molecule has 1 aromatic carbocycles. The first-order chi connectivity index (χ1) is 13.9. The van der Waals surface area contributed by atoms with E-state index in [1.165, 1.54) is 4.31 Å². The normalized spacial score (nSPS) is 14.5. The fraction of sp³-hybridized carbons (Fsp3) is 0.526. The number of piperidine rings is 1. The number of carboxylic acid groups (broad SMARTS) is 2. The summed E-state index contributed by atoms with van der Waals surface area (Å²) in [7, 11) is -3.50. The summed E-state index contributed by atoms with van der Waals surface area (Å²) >= 11 is 0. The van der Waals surface area contributed by atoms with Gasteiger partial charge < -0.3 is 20.8 Å². The van der Waals surface area contributed by atoms with E-state index in [2.05, 4.69) is 10.6 Å². The molecule has 1 saturated heterocycles. The highest BCUT2D eigenvalue weighted by molar-refractivity contribution is 7.89.